The van der Waals surface area contributed by atoms with Crippen LogP contribution in [0.2, 0.25) is 0 Å². The van der Waals surface area contributed by atoms with Gasteiger partial charge in [-0.25, -0.2) is 12.8 Å². The predicted octanol–water partition coefficient (Wildman–Crippen LogP) is 3.60. The molecule has 3 aromatic rings. The fourth-order valence-corrected chi connectivity index (χ4v) is 3.70. The lowest BCUT2D eigenvalue weighted by Crippen LogP contribution is -2.26. The number of para-hydroxylation sites is 1. The molecule has 0 spiro atoms. The number of benzene rings is 3. The minimum Gasteiger partial charge on any atom is -0.352 e. The summed E-state index contributed by atoms with van der Waals surface area (Å²) in [5, 5.41) is 2.74. The van der Waals surface area contributed by atoms with Crippen LogP contribution < -0.4 is 10.0 Å². The molecule has 2 N–H and O–H groups in total. The van der Waals surface area contributed by atoms with Crippen LogP contribution >= 0.6 is 0 Å². The SMILES string of the molecule is O=C(NCCc1ccc(F)cc1)c1cccc(S(=O)(=O)Nc2ccccc2)c1. The van der Waals surface area contributed by atoms with Crippen molar-refractivity contribution in [2.45, 2.75) is 11.3 Å². The summed E-state index contributed by atoms with van der Waals surface area (Å²) in [5.41, 5.74) is 1.58. The zero-order chi connectivity index (χ0) is 20.0. The molecule has 0 aliphatic carbocycles. The zero-order valence-electron chi connectivity index (χ0n) is 14.9. The van der Waals surface area contributed by atoms with Gasteiger partial charge in [0.05, 0.1) is 4.90 Å². The Hall–Kier alpha value is -3.19. The van der Waals surface area contributed by atoms with Gasteiger partial charge in [-0.15, -0.1) is 0 Å². The van der Waals surface area contributed by atoms with Crippen molar-refractivity contribution in [2.75, 3.05) is 11.3 Å². The molecule has 3 aromatic carbocycles. The van der Waals surface area contributed by atoms with E-state index >= 15 is 0 Å². The summed E-state index contributed by atoms with van der Waals surface area (Å²) in [6.45, 7) is 0.351. The van der Waals surface area contributed by atoms with Gasteiger partial charge in [0, 0.05) is 17.8 Å². The number of hydrogen-bond donors (Lipinski definition) is 2. The Labute approximate surface area is 163 Å². The van der Waals surface area contributed by atoms with E-state index in [0.717, 1.165) is 5.56 Å². The number of hydrogen-bond acceptors (Lipinski definition) is 3. The van der Waals surface area contributed by atoms with Crippen LogP contribution in [0.1, 0.15) is 15.9 Å². The summed E-state index contributed by atoms with van der Waals surface area (Å²) in [6, 6.07) is 20.4. The van der Waals surface area contributed by atoms with Crippen LogP contribution in [-0.4, -0.2) is 20.9 Å². The van der Waals surface area contributed by atoms with Crippen molar-refractivity contribution in [1.29, 1.82) is 0 Å². The number of halogens is 1. The molecule has 7 heteroatoms. The lowest BCUT2D eigenvalue weighted by molar-refractivity contribution is 0.0954. The second kappa shape index (κ2) is 8.67. The van der Waals surface area contributed by atoms with E-state index in [1.54, 1.807) is 48.5 Å². The van der Waals surface area contributed by atoms with Gasteiger partial charge in [0.1, 0.15) is 5.82 Å². The predicted molar refractivity (Wildman–Crippen MR) is 106 cm³/mol. The van der Waals surface area contributed by atoms with E-state index in [0.29, 0.717) is 18.7 Å². The van der Waals surface area contributed by atoms with E-state index in [-0.39, 0.29) is 22.2 Å². The molecule has 0 heterocycles. The van der Waals surface area contributed by atoms with Crippen molar-refractivity contribution in [3.63, 3.8) is 0 Å². The van der Waals surface area contributed by atoms with Crippen molar-refractivity contribution >= 4 is 21.6 Å². The third kappa shape index (κ3) is 5.17. The van der Waals surface area contributed by atoms with Gasteiger partial charge in [-0.05, 0) is 54.4 Å². The highest BCUT2D eigenvalue weighted by Crippen LogP contribution is 2.17. The Balaban J connectivity index is 1.64. The summed E-state index contributed by atoms with van der Waals surface area (Å²) in [6.07, 6.45) is 0.541. The molecular weight excluding hydrogens is 379 g/mol. The summed E-state index contributed by atoms with van der Waals surface area (Å²) < 4.78 is 40.4. The normalized spacial score (nSPS) is 11.0. The first-order valence-electron chi connectivity index (χ1n) is 8.65. The first kappa shape index (κ1) is 19.6. The van der Waals surface area contributed by atoms with Crippen LogP contribution in [0.15, 0.2) is 83.8 Å². The van der Waals surface area contributed by atoms with Gasteiger partial charge in [0.2, 0.25) is 0 Å². The maximum absolute atomic E-state index is 12.9. The van der Waals surface area contributed by atoms with E-state index in [2.05, 4.69) is 10.0 Å². The lowest BCUT2D eigenvalue weighted by atomic mass is 10.1. The number of carbonyl (C=O) groups is 1. The van der Waals surface area contributed by atoms with E-state index in [4.69, 9.17) is 0 Å². The average molecular weight is 398 g/mol. The number of amides is 1. The highest BCUT2D eigenvalue weighted by Gasteiger charge is 2.16. The van der Waals surface area contributed by atoms with Gasteiger partial charge in [-0.1, -0.05) is 36.4 Å². The summed E-state index contributed by atoms with van der Waals surface area (Å²) in [4.78, 5) is 12.3. The minimum atomic E-state index is -3.80. The monoisotopic (exact) mass is 398 g/mol. The fraction of sp³-hybridized carbons (Fsp3) is 0.0952. The Morgan fingerprint density at radius 3 is 2.32 bits per heavy atom. The Bertz CT molecular complexity index is 1050. The summed E-state index contributed by atoms with van der Waals surface area (Å²) >= 11 is 0. The molecule has 28 heavy (non-hydrogen) atoms. The lowest BCUT2D eigenvalue weighted by Gasteiger charge is -2.10. The standard InChI is InChI=1S/C21H19FN2O3S/c22-18-11-9-16(10-12-18)13-14-23-21(25)17-5-4-8-20(15-17)28(26,27)24-19-6-2-1-3-7-19/h1-12,15,24H,13-14H2,(H,23,25). The van der Waals surface area contributed by atoms with E-state index < -0.39 is 10.0 Å². The first-order valence-corrected chi connectivity index (χ1v) is 10.1. The number of nitrogens with one attached hydrogen (secondary N) is 2. The Morgan fingerprint density at radius 1 is 0.893 bits per heavy atom. The number of sulfonamides is 1. The largest absolute Gasteiger partial charge is 0.352 e. The Kier molecular flexibility index (Phi) is 6.06. The van der Waals surface area contributed by atoms with E-state index in [9.17, 15) is 17.6 Å². The van der Waals surface area contributed by atoms with Crippen molar-refractivity contribution in [2.24, 2.45) is 0 Å². The topological polar surface area (TPSA) is 75.3 Å². The third-order valence-corrected chi connectivity index (χ3v) is 5.42. The molecule has 0 unspecified atom stereocenters. The Morgan fingerprint density at radius 2 is 1.61 bits per heavy atom. The second-order valence-electron chi connectivity index (χ2n) is 6.13. The average Bonchev–Trinajstić information content (AvgIpc) is 2.70. The van der Waals surface area contributed by atoms with Gasteiger partial charge in [0.15, 0.2) is 0 Å². The summed E-state index contributed by atoms with van der Waals surface area (Å²) in [5.74, 6) is -0.686. The molecule has 0 saturated heterocycles. The molecule has 144 valence electrons. The molecule has 0 saturated carbocycles. The molecule has 3 rings (SSSR count). The molecule has 5 nitrogen and oxygen atoms in total. The number of carbonyl (C=O) groups excluding carboxylic acids is 1. The summed E-state index contributed by atoms with van der Waals surface area (Å²) in [7, 11) is -3.80. The van der Waals surface area contributed by atoms with Gasteiger partial charge < -0.3 is 5.32 Å². The number of rotatable bonds is 7. The molecule has 0 aliphatic heterocycles. The highest BCUT2D eigenvalue weighted by molar-refractivity contribution is 7.92. The zero-order valence-corrected chi connectivity index (χ0v) is 15.7. The smallest absolute Gasteiger partial charge is 0.261 e. The van der Waals surface area contributed by atoms with Crippen LogP contribution in [0.25, 0.3) is 0 Å². The van der Waals surface area contributed by atoms with E-state index in [1.165, 1.54) is 30.3 Å². The van der Waals surface area contributed by atoms with Gasteiger partial charge >= 0.3 is 0 Å². The highest BCUT2D eigenvalue weighted by atomic mass is 32.2. The van der Waals surface area contributed by atoms with Crippen LogP contribution in [-0.2, 0) is 16.4 Å². The first-order chi connectivity index (χ1) is 13.4. The molecule has 0 aliphatic rings. The number of anilines is 1. The van der Waals surface area contributed by atoms with Crippen LogP contribution in [0, 0.1) is 5.82 Å². The van der Waals surface area contributed by atoms with E-state index in [1.807, 2.05) is 0 Å². The van der Waals surface area contributed by atoms with Gasteiger partial charge in [-0.3, -0.25) is 9.52 Å². The van der Waals surface area contributed by atoms with Crippen LogP contribution in [0.3, 0.4) is 0 Å². The molecule has 0 aromatic heterocycles. The van der Waals surface area contributed by atoms with Gasteiger partial charge in [0.25, 0.3) is 15.9 Å². The van der Waals surface area contributed by atoms with Crippen molar-refractivity contribution in [3.05, 3.63) is 95.8 Å². The van der Waals surface area contributed by atoms with Crippen molar-refractivity contribution < 1.29 is 17.6 Å². The fourth-order valence-electron chi connectivity index (χ4n) is 2.60. The maximum atomic E-state index is 12.9. The molecule has 0 atom stereocenters. The molecule has 1 amide bonds. The molecule has 0 bridgehead atoms. The van der Waals surface area contributed by atoms with Crippen molar-refractivity contribution in [3.8, 4) is 0 Å². The minimum absolute atomic E-state index is 0.00235. The van der Waals surface area contributed by atoms with Crippen LogP contribution in [0.5, 0.6) is 0 Å². The van der Waals surface area contributed by atoms with Gasteiger partial charge in [-0.2, -0.15) is 0 Å². The molecular formula is C21H19FN2O3S. The molecule has 0 radical (unpaired) electrons. The van der Waals surface area contributed by atoms with Crippen molar-refractivity contribution in [1.82, 2.24) is 5.32 Å². The quantitative estimate of drug-likeness (QED) is 0.639. The van der Waals surface area contributed by atoms with Crippen LogP contribution in [0.4, 0.5) is 10.1 Å². The second-order valence-corrected chi connectivity index (χ2v) is 7.81. The maximum Gasteiger partial charge on any atom is 0.261 e. The third-order valence-electron chi connectivity index (χ3n) is 4.05. The molecule has 0 fully saturated rings.